The van der Waals surface area contributed by atoms with Crippen LogP contribution in [0.5, 0.6) is 0 Å². The van der Waals surface area contributed by atoms with Crippen LogP contribution in [0.4, 0.5) is 0 Å². The molecule has 1 saturated heterocycles. The highest BCUT2D eigenvalue weighted by Gasteiger charge is 2.22. The van der Waals surface area contributed by atoms with Crippen molar-refractivity contribution >= 4 is 6.79 Å². The second-order valence-corrected chi connectivity index (χ2v) is 12.2. The summed E-state index contributed by atoms with van der Waals surface area (Å²) in [5.74, 6) is 2.31. The van der Waals surface area contributed by atoms with Gasteiger partial charge in [-0.3, -0.25) is 0 Å². The third-order valence-corrected chi connectivity index (χ3v) is 9.13. The van der Waals surface area contributed by atoms with Crippen molar-refractivity contribution in [2.24, 2.45) is 17.8 Å². The minimum absolute atomic E-state index is 0.270. The van der Waals surface area contributed by atoms with Gasteiger partial charge in [-0.05, 0) is 90.5 Å². The molecule has 0 amide bonds. The van der Waals surface area contributed by atoms with E-state index < -0.39 is 0 Å². The van der Waals surface area contributed by atoms with Crippen LogP contribution in [0.1, 0.15) is 93.5 Å². The molecule has 2 fully saturated rings. The maximum atomic E-state index is 8.00. The van der Waals surface area contributed by atoms with Gasteiger partial charge in [-0.1, -0.05) is 107 Å². The van der Waals surface area contributed by atoms with E-state index in [4.69, 9.17) is 14.3 Å². The van der Waals surface area contributed by atoms with Gasteiger partial charge in [-0.15, -0.1) is 0 Å². The van der Waals surface area contributed by atoms with Crippen LogP contribution in [-0.4, -0.2) is 32.7 Å². The third kappa shape index (κ3) is 10.3. The molecule has 3 aliphatic rings. The molecule has 5 rings (SSSR count). The van der Waals surface area contributed by atoms with E-state index in [9.17, 15) is 0 Å². The van der Waals surface area contributed by atoms with E-state index >= 15 is 0 Å². The minimum atomic E-state index is 0.270. The average molecular weight is 547 g/mol. The van der Waals surface area contributed by atoms with E-state index in [1.165, 1.54) is 72.8 Å². The first-order chi connectivity index (χ1) is 19.5. The van der Waals surface area contributed by atoms with Gasteiger partial charge in [0.15, 0.2) is 0 Å². The highest BCUT2D eigenvalue weighted by Crippen LogP contribution is 2.32. The van der Waals surface area contributed by atoms with Crippen LogP contribution in [0, 0.1) is 17.8 Å². The predicted octanol–water partition coefficient (Wildman–Crippen LogP) is 8.54. The number of allylic oxidation sites excluding steroid dienone is 1. The van der Waals surface area contributed by atoms with Gasteiger partial charge in [0.05, 0.1) is 25.9 Å². The Labute approximate surface area is 244 Å². The van der Waals surface area contributed by atoms with E-state index in [1.54, 1.807) is 5.56 Å². The number of hydrogen-bond donors (Lipinski definition) is 0. The van der Waals surface area contributed by atoms with E-state index in [2.05, 4.69) is 69.8 Å². The van der Waals surface area contributed by atoms with Crippen LogP contribution in [0.3, 0.4) is 0 Å². The standard InChI is InChI=1S/C29H38O2.C7H14.CH2O/c1-4-23-5-7-24(8-6-23)17-22(3)26-11-12-27-18-25(9-10-28(27)19-26)15-21(2)16-29-20-30-13-14-31-29;1-2-7-5-3-4-6-7;1-2/h5-10,18,21,26,29H,3-4,11-17,19-20H2,1-2H3;7H,2-6H2,1H3;1H2/t21?,26-,29?;;/m0../s1. The molecule has 2 aliphatic carbocycles. The van der Waals surface area contributed by atoms with Gasteiger partial charge in [0.25, 0.3) is 0 Å². The predicted molar refractivity (Wildman–Crippen MR) is 168 cm³/mol. The lowest BCUT2D eigenvalue weighted by Gasteiger charge is -2.28. The largest absolute Gasteiger partial charge is 0.376 e. The summed E-state index contributed by atoms with van der Waals surface area (Å²) < 4.78 is 11.4. The van der Waals surface area contributed by atoms with Gasteiger partial charge in [0.1, 0.15) is 6.79 Å². The summed E-state index contributed by atoms with van der Waals surface area (Å²) in [6, 6.07) is 16.3. The molecule has 0 bridgehead atoms. The zero-order chi connectivity index (χ0) is 28.7. The summed E-state index contributed by atoms with van der Waals surface area (Å²) in [6.45, 7) is 15.6. The fraction of sp³-hybridized carbons (Fsp3) is 0.595. The topological polar surface area (TPSA) is 35.5 Å². The summed E-state index contributed by atoms with van der Waals surface area (Å²) >= 11 is 0. The van der Waals surface area contributed by atoms with Gasteiger partial charge in [0, 0.05) is 0 Å². The van der Waals surface area contributed by atoms with E-state index in [-0.39, 0.29) is 6.10 Å². The minimum Gasteiger partial charge on any atom is -0.376 e. The average Bonchev–Trinajstić information content (AvgIpc) is 3.53. The number of fused-ring (bicyclic) bond motifs is 1. The molecule has 40 heavy (non-hydrogen) atoms. The zero-order valence-electron chi connectivity index (χ0n) is 25.6. The summed E-state index contributed by atoms with van der Waals surface area (Å²) in [5.41, 5.74) is 8.74. The van der Waals surface area contributed by atoms with Gasteiger partial charge in [-0.2, -0.15) is 0 Å². The summed E-state index contributed by atoms with van der Waals surface area (Å²) in [6.07, 6.45) is 15.6. The third-order valence-electron chi connectivity index (χ3n) is 9.13. The fourth-order valence-electron chi connectivity index (χ4n) is 6.61. The molecule has 3 atom stereocenters. The molecular weight excluding hydrogens is 492 g/mol. The van der Waals surface area contributed by atoms with Crippen molar-refractivity contribution in [1.82, 2.24) is 0 Å². The molecule has 2 aromatic rings. The van der Waals surface area contributed by atoms with Gasteiger partial charge in [0.2, 0.25) is 0 Å². The molecule has 0 radical (unpaired) electrons. The van der Waals surface area contributed by atoms with Crippen molar-refractivity contribution < 1.29 is 14.3 Å². The molecule has 220 valence electrons. The lowest BCUT2D eigenvalue weighted by Crippen LogP contribution is -2.30. The molecule has 2 aromatic carbocycles. The lowest BCUT2D eigenvalue weighted by atomic mass is 9.78. The molecule has 0 N–H and O–H groups in total. The normalized spacial score (nSPS) is 21.3. The SMILES string of the molecule is C=C(Cc1ccc(CC)cc1)[C@H]1CCc2cc(CC(C)CC3COCCO3)ccc2C1.C=O.CCC1CCCC1. The van der Waals surface area contributed by atoms with Crippen LogP contribution in [0.25, 0.3) is 0 Å². The monoisotopic (exact) mass is 546 g/mol. The Bertz CT molecular complexity index is 999. The van der Waals surface area contributed by atoms with Crippen LogP contribution in [0.2, 0.25) is 0 Å². The summed E-state index contributed by atoms with van der Waals surface area (Å²) in [5, 5.41) is 0. The van der Waals surface area contributed by atoms with Crippen molar-refractivity contribution in [3.63, 3.8) is 0 Å². The zero-order valence-corrected chi connectivity index (χ0v) is 25.6. The lowest BCUT2D eigenvalue weighted by molar-refractivity contribution is -0.0980. The number of carbonyl (C=O) groups excluding carboxylic acids is 1. The maximum Gasteiger partial charge on any atom is 0.106 e. The van der Waals surface area contributed by atoms with E-state index in [1.807, 2.05) is 6.79 Å². The van der Waals surface area contributed by atoms with Crippen molar-refractivity contribution in [1.29, 1.82) is 0 Å². The van der Waals surface area contributed by atoms with E-state index in [0.29, 0.717) is 11.8 Å². The van der Waals surface area contributed by atoms with Gasteiger partial charge < -0.3 is 14.3 Å². The Morgan fingerprint density at radius 3 is 2.25 bits per heavy atom. The van der Waals surface area contributed by atoms with Crippen LogP contribution >= 0.6 is 0 Å². The van der Waals surface area contributed by atoms with Crippen LogP contribution in [0.15, 0.2) is 54.6 Å². The summed E-state index contributed by atoms with van der Waals surface area (Å²) in [7, 11) is 0. The second kappa shape index (κ2) is 17.6. The maximum absolute atomic E-state index is 8.00. The molecule has 0 spiro atoms. The van der Waals surface area contributed by atoms with Crippen molar-refractivity contribution in [3.8, 4) is 0 Å². The Morgan fingerprint density at radius 2 is 1.62 bits per heavy atom. The van der Waals surface area contributed by atoms with Crippen LogP contribution < -0.4 is 0 Å². The van der Waals surface area contributed by atoms with Crippen molar-refractivity contribution in [2.45, 2.75) is 104 Å². The Balaban J connectivity index is 0.000000422. The molecule has 0 aromatic heterocycles. The number of hydrogen-bond acceptors (Lipinski definition) is 3. The van der Waals surface area contributed by atoms with Gasteiger partial charge >= 0.3 is 0 Å². The number of benzene rings is 2. The number of ether oxygens (including phenoxy) is 2. The molecule has 1 aliphatic heterocycles. The van der Waals surface area contributed by atoms with E-state index in [0.717, 1.165) is 57.8 Å². The molecular formula is C37H54O3. The first-order valence-corrected chi connectivity index (χ1v) is 15.9. The molecule has 2 unspecified atom stereocenters. The van der Waals surface area contributed by atoms with Crippen molar-refractivity contribution in [2.75, 3.05) is 19.8 Å². The quantitative estimate of drug-likeness (QED) is 0.296. The molecule has 3 nitrogen and oxygen atoms in total. The molecule has 3 heteroatoms. The fourth-order valence-corrected chi connectivity index (χ4v) is 6.61. The highest BCUT2D eigenvalue weighted by molar-refractivity contribution is 5.36. The van der Waals surface area contributed by atoms with Crippen LogP contribution in [-0.2, 0) is 46.4 Å². The summed E-state index contributed by atoms with van der Waals surface area (Å²) in [4.78, 5) is 8.00. The van der Waals surface area contributed by atoms with Crippen molar-refractivity contribution in [3.05, 3.63) is 82.4 Å². The first kappa shape index (κ1) is 32.3. The highest BCUT2D eigenvalue weighted by atomic mass is 16.6. The molecule has 1 saturated carbocycles. The smallest absolute Gasteiger partial charge is 0.106 e. The Kier molecular flexibility index (Phi) is 14.2. The molecule has 1 heterocycles. The number of rotatable bonds is 9. The second-order valence-electron chi connectivity index (χ2n) is 12.2. The first-order valence-electron chi connectivity index (χ1n) is 15.9. The van der Waals surface area contributed by atoms with Gasteiger partial charge in [-0.25, -0.2) is 0 Å². The number of aryl methyl sites for hydroxylation is 2. The Morgan fingerprint density at radius 1 is 0.925 bits per heavy atom. The number of carbonyl (C=O) groups is 1. The Hall–Kier alpha value is -2.23.